The van der Waals surface area contributed by atoms with Gasteiger partial charge in [0.25, 0.3) is 0 Å². The molecular formula is C17H21FN2. The predicted octanol–water partition coefficient (Wildman–Crippen LogP) is 4.38. The highest BCUT2D eigenvalue weighted by Crippen LogP contribution is 2.35. The minimum absolute atomic E-state index is 0.195. The average molecular weight is 272 g/mol. The van der Waals surface area contributed by atoms with Gasteiger partial charge < -0.3 is 5.32 Å². The third-order valence-corrected chi connectivity index (χ3v) is 4.08. The van der Waals surface area contributed by atoms with Gasteiger partial charge in [-0.1, -0.05) is 6.92 Å². The second-order valence-corrected chi connectivity index (χ2v) is 5.66. The van der Waals surface area contributed by atoms with E-state index >= 15 is 0 Å². The van der Waals surface area contributed by atoms with Crippen molar-refractivity contribution >= 4 is 16.6 Å². The molecule has 0 fully saturated rings. The van der Waals surface area contributed by atoms with E-state index in [4.69, 9.17) is 4.98 Å². The van der Waals surface area contributed by atoms with Crippen LogP contribution in [0, 0.1) is 12.7 Å². The standard InChI is InChI=1S/C17H21FN2/c1-3-8-19-17-13-6-4-5-7-14(13)20-15-10-12(18)9-11(2)16(15)17/h9-10H,3-8H2,1-2H3,(H,19,20). The molecule has 1 N–H and O–H groups in total. The number of hydrogen-bond acceptors (Lipinski definition) is 2. The first-order chi connectivity index (χ1) is 9.70. The molecular weight excluding hydrogens is 251 g/mol. The fourth-order valence-electron chi connectivity index (χ4n) is 3.16. The zero-order valence-electron chi connectivity index (χ0n) is 12.2. The Bertz CT molecular complexity index is 649. The normalized spacial score (nSPS) is 14.3. The zero-order chi connectivity index (χ0) is 14.1. The van der Waals surface area contributed by atoms with Crippen molar-refractivity contribution < 1.29 is 4.39 Å². The van der Waals surface area contributed by atoms with Gasteiger partial charge in [-0.3, -0.25) is 4.98 Å². The summed E-state index contributed by atoms with van der Waals surface area (Å²) in [5.41, 5.74) is 5.48. The first kappa shape index (κ1) is 13.3. The van der Waals surface area contributed by atoms with Crippen LogP contribution in [0.25, 0.3) is 10.9 Å². The number of aromatic nitrogens is 1. The first-order valence-electron chi connectivity index (χ1n) is 7.56. The number of pyridine rings is 1. The van der Waals surface area contributed by atoms with Crippen molar-refractivity contribution in [2.75, 3.05) is 11.9 Å². The van der Waals surface area contributed by atoms with Crippen molar-refractivity contribution in [1.82, 2.24) is 4.98 Å². The van der Waals surface area contributed by atoms with Crippen LogP contribution in [0.4, 0.5) is 10.1 Å². The average Bonchev–Trinajstić information content (AvgIpc) is 2.43. The van der Waals surface area contributed by atoms with Crippen LogP contribution in [0.5, 0.6) is 0 Å². The summed E-state index contributed by atoms with van der Waals surface area (Å²) in [4.78, 5) is 4.73. The molecule has 1 aromatic heterocycles. The lowest BCUT2D eigenvalue weighted by atomic mass is 9.91. The fraction of sp³-hybridized carbons (Fsp3) is 0.471. The van der Waals surface area contributed by atoms with Crippen LogP contribution < -0.4 is 5.32 Å². The van der Waals surface area contributed by atoms with Crippen molar-refractivity contribution in [2.24, 2.45) is 0 Å². The number of rotatable bonds is 3. The number of aryl methyl sites for hydroxylation is 2. The van der Waals surface area contributed by atoms with Gasteiger partial charge in [-0.15, -0.1) is 0 Å². The van der Waals surface area contributed by atoms with Gasteiger partial charge in [0, 0.05) is 29.4 Å². The quantitative estimate of drug-likeness (QED) is 0.896. The van der Waals surface area contributed by atoms with E-state index in [0.717, 1.165) is 48.0 Å². The Morgan fingerprint density at radius 1 is 1.25 bits per heavy atom. The molecule has 1 aliphatic carbocycles. The molecule has 0 aliphatic heterocycles. The highest BCUT2D eigenvalue weighted by atomic mass is 19.1. The van der Waals surface area contributed by atoms with E-state index in [9.17, 15) is 4.39 Å². The summed E-state index contributed by atoms with van der Waals surface area (Å²) in [6.45, 7) is 5.08. The lowest BCUT2D eigenvalue weighted by Gasteiger charge is -2.22. The number of hydrogen-bond donors (Lipinski definition) is 1. The molecule has 3 rings (SSSR count). The molecule has 106 valence electrons. The van der Waals surface area contributed by atoms with Gasteiger partial charge in [0.1, 0.15) is 5.82 Å². The zero-order valence-corrected chi connectivity index (χ0v) is 12.2. The largest absolute Gasteiger partial charge is 0.384 e. The van der Waals surface area contributed by atoms with E-state index in [-0.39, 0.29) is 5.82 Å². The number of nitrogens with one attached hydrogen (secondary N) is 1. The number of anilines is 1. The molecule has 2 nitrogen and oxygen atoms in total. The van der Waals surface area contributed by atoms with Crippen molar-refractivity contribution in [3.63, 3.8) is 0 Å². The second-order valence-electron chi connectivity index (χ2n) is 5.66. The predicted molar refractivity (Wildman–Crippen MR) is 81.9 cm³/mol. The molecule has 0 radical (unpaired) electrons. The second kappa shape index (κ2) is 5.39. The maximum atomic E-state index is 13.7. The fourth-order valence-corrected chi connectivity index (χ4v) is 3.16. The molecule has 0 amide bonds. The van der Waals surface area contributed by atoms with Gasteiger partial charge in [0.2, 0.25) is 0 Å². The summed E-state index contributed by atoms with van der Waals surface area (Å²) in [5, 5.41) is 4.66. The van der Waals surface area contributed by atoms with Crippen LogP contribution in [0.2, 0.25) is 0 Å². The number of fused-ring (bicyclic) bond motifs is 2. The highest BCUT2D eigenvalue weighted by Gasteiger charge is 2.19. The van der Waals surface area contributed by atoms with Crippen LogP contribution in [0.1, 0.15) is 43.0 Å². The first-order valence-corrected chi connectivity index (χ1v) is 7.56. The Morgan fingerprint density at radius 2 is 2.05 bits per heavy atom. The highest BCUT2D eigenvalue weighted by molar-refractivity contribution is 5.96. The Labute approximate surface area is 119 Å². The van der Waals surface area contributed by atoms with Crippen LogP contribution in [-0.2, 0) is 12.8 Å². The molecule has 1 aromatic carbocycles. The monoisotopic (exact) mass is 272 g/mol. The molecule has 1 heterocycles. The van der Waals surface area contributed by atoms with Gasteiger partial charge in [0.05, 0.1) is 5.52 Å². The molecule has 0 saturated carbocycles. The SMILES string of the molecule is CCCNc1c2c(nc3cc(F)cc(C)c13)CCCC2. The molecule has 0 spiro atoms. The molecule has 20 heavy (non-hydrogen) atoms. The summed E-state index contributed by atoms with van der Waals surface area (Å²) in [6.07, 6.45) is 5.59. The Kier molecular flexibility index (Phi) is 3.60. The van der Waals surface area contributed by atoms with Crippen molar-refractivity contribution in [3.8, 4) is 0 Å². The van der Waals surface area contributed by atoms with Crippen LogP contribution in [0.3, 0.4) is 0 Å². The van der Waals surface area contributed by atoms with Crippen molar-refractivity contribution in [2.45, 2.75) is 46.0 Å². The third kappa shape index (κ3) is 2.26. The number of halogens is 1. The summed E-state index contributed by atoms with van der Waals surface area (Å²) in [5.74, 6) is -0.195. The maximum Gasteiger partial charge on any atom is 0.125 e. The molecule has 0 bridgehead atoms. The van der Waals surface area contributed by atoms with Gasteiger partial charge in [0.15, 0.2) is 0 Å². The van der Waals surface area contributed by atoms with E-state index in [1.165, 1.54) is 24.1 Å². The van der Waals surface area contributed by atoms with Crippen LogP contribution in [-0.4, -0.2) is 11.5 Å². The number of nitrogens with zero attached hydrogens (tertiary/aromatic N) is 1. The van der Waals surface area contributed by atoms with E-state index < -0.39 is 0 Å². The molecule has 3 heteroatoms. The van der Waals surface area contributed by atoms with Crippen LogP contribution >= 0.6 is 0 Å². The minimum atomic E-state index is -0.195. The van der Waals surface area contributed by atoms with E-state index in [1.807, 2.05) is 6.92 Å². The molecule has 0 saturated heterocycles. The Morgan fingerprint density at radius 3 is 2.85 bits per heavy atom. The van der Waals surface area contributed by atoms with Gasteiger partial charge in [-0.05, 0) is 56.2 Å². The Hall–Kier alpha value is -1.64. The van der Waals surface area contributed by atoms with Gasteiger partial charge in [-0.25, -0.2) is 4.39 Å². The molecule has 0 atom stereocenters. The van der Waals surface area contributed by atoms with Crippen molar-refractivity contribution in [3.05, 3.63) is 34.8 Å². The Balaban J connectivity index is 2.27. The number of benzene rings is 1. The van der Waals surface area contributed by atoms with Gasteiger partial charge in [-0.2, -0.15) is 0 Å². The smallest absolute Gasteiger partial charge is 0.125 e. The summed E-state index contributed by atoms with van der Waals surface area (Å²) in [6, 6.07) is 3.17. The van der Waals surface area contributed by atoms with Crippen molar-refractivity contribution in [1.29, 1.82) is 0 Å². The topological polar surface area (TPSA) is 24.9 Å². The molecule has 1 aliphatic rings. The maximum absolute atomic E-state index is 13.7. The summed E-state index contributed by atoms with van der Waals surface area (Å²) in [7, 11) is 0. The minimum Gasteiger partial charge on any atom is -0.384 e. The van der Waals surface area contributed by atoms with E-state index in [1.54, 1.807) is 12.1 Å². The summed E-state index contributed by atoms with van der Waals surface area (Å²) >= 11 is 0. The van der Waals surface area contributed by atoms with Gasteiger partial charge >= 0.3 is 0 Å². The van der Waals surface area contributed by atoms with E-state index in [2.05, 4.69) is 12.2 Å². The van der Waals surface area contributed by atoms with E-state index in [0.29, 0.717) is 0 Å². The third-order valence-electron chi connectivity index (χ3n) is 4.08. The lowest BCUT2D eigenvalue weighted by Crippen LogP contribution is -2.12. The molecule has 2 aromatic rings. The molecule has 0 unspecified atom stereocenters. The summed E-state index contributed by atoms with van der Waals surface area (Å²) < 4.78 is 13.7. The van der Waals surface area contributed by atoms with Crippen LogP contribution in [0.15, 0.2) is 12.1 Å². The lowest BCUT2D eigenvalue weighted by molar-refractivity contribution is 0.627.